The summed E-state index contributed by atoms with van der Waals surface area (Å²) in [7, 11) is 0. The maximum absolute atomic E-state index is 12.5. The van der Waals surface area contributed by atoms with E-state index in [2.05, 4.69) is 5.32 Å². The molecule has 1 N–H and O–H groups in total. The van der Waals surface area contributed by atoms with Crippen LogP contribution in [0.15, 0.2) is 24.3 Å². The van der Waals surface area contributed by atoms with Gasteiger partial charge < -0.3 is 14.8 Å². The first-order chi connectivity index (χ1) is 13.7. The van der Waals surface area contributed by atoms with Crippen LogP contribution in [0.4, 0.5) is 5.69 Å². The molecule has 0 radical (unpaired) electrons. The Labute approximate surface area is 176 Å². The van der Waals surface area contributed by atoms with E-state index in [0.717, 1.165) is 0 Å². The largest absolute Gasteiger partial charge is 0.460 e. The fourth-order valence-electron chi connectivity index (χ4n) is 2.44. The van der Waals surface area contributed by atoms with E-state index >= 15 is 0 Å². The van der Waals surface area contributed by atoms with E-state index in [1.54, 1.807) is 41.5 Å². The van der Waals surface area contributed by atoms with Crippen LogP contribution < -0.4 is 5.32 Å². The van der Waals surface area contributed by atoms with E-state index in [-0.39, 0.29) is 24.9 Å². The van der Waals surface area contributed by atoms with Gasteiger partial charge in [0.2, 0.25) is 5.91 Å². The molecule has 0 spiro atoms. The molecule has 30 heavy (non-hydrogen) atoms. The Bertz CT molecular complexity index is 774. The molecule has 1 amide bonds. The van der Waals surface area contributed by atoms with Crippen LogP contribution in [0.25, 0.3) is 0 Å². The quantitative estimate of drug-likeness (QED) is 0.388. The number of non-ortho nitro benzene ring substituents is 1. The Hall–Kier alpha value is -2.97. The molecular weight excluding hydrogens is 392 g/mol. The molecule has 0 aliphatic carbocycles. The molecule has 1 rings (SSSR count). The number of nitro groups is 1. The lowest BCUT2D eigenvalue weighted by Gasteiger charge is -2.25. The summed E-state index contributed by atoms with van der Waals surface area (Å²) in [6.07, 6.45) is -0.126. The maximum atomic E-state index is 12.5. The van der Waals surface area contributed by atoms with Crippen molar-refractivity contribution < 1.29 is 28.8 Å². The van der Waals surface area contributed by atoms with Gasteiger partial charge in [0.25, 0.3) is 5.69 Å². The minimum Gasteiger partial charge on any atom is -0.460 e. The number of nitro benzene ring substituents is 1. The zero-order chi connectivity index (χ0) is 23.1. The summed E-state index contributed by atoms with van der Waals surface area (Å²) in [4.78, 5) is 47.1. The summed E-state index contributed by atoms with van der Waals surface area (Å²) < 4.78 is 10.6. The number of hydrogen-bond acceptors (Lipinski definition) is 7. The third-order valence-corrected chi connectivity index (χ3v) is 3.60. The molecule has 0 saturated carbocycles. The molecule has 0 heterocycles. The number of ether oxygens (including phenoxy) is 2. The molecule has 0 fully saturated rings. The molecule has 0 aliphatic heterocycles. The fraction of sp³-hybridized carbons (Fsp3) is 0.571. The van der Waals surface area contributed by atoms with Gasteiger partial charge in [0.05, 0.1) is 11.3 Å². The van der Waals surface area contributed by atoms with Crippen LogP contribution in [0, 0.1) is 10.1 Å². The van der Waals surface area contributed by atoms with E-state index in [9.17, 15) is 24.5 Å². The molecule has 166 valence electrons. The average Bonchev–Trinajstić information content (AvgIpc) is 2.55. The average molecular weight is 422 g/mol. The van der Waals surface area contributed by atoms with Crippen molar-refractivity contribution in [1.82, 2.24) is 5.32 Å². The normalized spacial score (nSPS) is 12.6. The van der Waals surface area contributed by atoms with E-state index in [1.165, 1.54) is 24.3 Å². The zero-order valence-corrected chi connectivity index (χ0v) is 18.3. The molecule has 0 bridgehead atoms. The summed E-state index contributed by atoms with van der Waals surface area (Å²) in [5, 5.41) is 13.3. The van der Waals surface area contributed by atoms with Crippen molar-refractivity contribution in [3.05, 3.63) is 39.9 Å². The topological polar surface area (TPSA) is 125 Å². The van der Waals surface area contributed by atoms with Crippen LogP contribution in [0.2, 0.25) is 0 Å². The number of benzene rings is 1. The van der Waals surface area contributed by atoms with Gasteiger partial charge in [-0.05, 0) is 53.5 Å². The van der Waals surface area contributed by atoms with E-state index < -0.39 is 40.0 Å². The van der Waals surface area contributed by atoms with Gasteiger partial charge in [-0.1, -0.05) is 12.1 Å². The minimum atomic E-state index is -1.03. The standard InChI is InChI=1S/C21H30N2O7/c1-20(2,3)29-18(25)12-11-16(19(26)30-21(4,5)6)22-17(24)13-14-7-9-15(10-8-14)23(27)28/h7-10,16H,11-13H2,1-6H3,(H,22,24)/t16-/m0/s1. The summed E-state index contributed by atoms with van der Waals surface area (Å²) in [6, 6.07) is 4.52. The highest BCUT2D eigenvalue weighted by Crippen LogP contribution is 2.15. The van der Waals surface area contributed by atoms with Crippen molar-refractivity contribution in [1.29, 1.82) is 0 Å². The number of rotatable bonds is 8. The number of carbonyl (C=O) groups is 3. The molecule has 0 saturated heterocycles. The number of hydrogen-bond donors (Lipinski definition) is 1. The highest BCUT2D eigenvalue weighted by atomic mass is 16.6. The van der Waals surface area contributed by atoms with Crippen LogP contribution >= 0.6 is 0 Å². The first kappa shape index (κ1) is 25.1. The summed E-state index contributed by atoms with van der Waals surface area (Å²) in [6.45, 7) is 10.3. The van der Waals surface area contributed by atoms with Crippen molar-refractivity contribution in [2.45, 2.75) is 78.0 Å². The molecule has 1 aromatic rings. The van der Waals surface area contributed by atoms with Gasteiger partial charge in [0.15, 0.2) is 0 Å². The second-order valence-electron chi connectivity index (χ2n) is 8.88. The van der Waals surface area contributed by atoms with Gasteiger partial charge in [-0.2, -0.15) is 0 Å². The van der Waals surface area contributed by atoms with E-state index in [4.69, 9.17) is 9.47 Å². The summed E-state index contributed by atoms with van der Waals surface area (Å²) in [5.74, 6) is -1.60. The monoisotopic (exact) mass is 422 g/mol. The first-order valence-electron chi connectivity index (χ1n) is 9.64. The molecule has 0 aliphatic rings. The number of nitrogens with one attached hydrogen (secondary N) is 1. The van der Waals surface area contributed by atoms with Crippen molar-refractivity contribution in [2.75, 3.05) is 0 Å². The third-order valence-electron chi connectivity index (χ3n) is 3.60. The smallest absolute Gasteiger partial charge is 0.329 e. The highest BCUT2D eigenvalue weighted by molar-refractivity contribution is 5.86. The molecule has 0 unspecified atom stereocenters. The molecule has 1 atom stereocenters. The lowest BCUT2D eigenvalue weighted by molar-refractivity contribution is -0.384. The van der Waals surface area contributed by atoms with Crippen molar-refractivity contribution in [3.8, 4) is 0 Å². The van der Waals surface area contributed by atoms with Gasteiger partial charge in [0, 0.05) is 18.6 Å². The number of esters is 2. The van der Waals surface area contributed by atoms with Crippen LogP contribution in [-0.4, -0.2) is 40.0 Å². The Morgan fingerprint density at radius 3 is 2.00 bits per heavy atom. The Balaban J connectivity index is 2.80. The Morgan fingerprint density at radius 1 is 1.00 bits per heavy atom. The molecule has 1 aromatic carbocycles. The van der Waals surface area contributed by atoms with Crippen molar-refractivity contribution in [2.24, 2.45) is 0 Å². The SMILES string of the molecule is CC(C)(C)OC(=O)CC[C@H](NC(=O)Cc1ccc([N+](=O)[O-])cc1)C(=O)OC(C)(C)C. The molecule has 0 aromatic heterocycles. The second-order valence-corrected chi connectivity index (χ2v) is 8.88. The van der Waals surface area contributed by atoms with Crippen LogP contribution in [-0.2, 0) is 30.3 Å². The number of carbonyl (C=O) groups excluding carboxylic acids is 3. The van der Waals surface area contributed by atoms with Crippen LogP contribution in [0.5, 0.6) is 0 Å². The predicted octanol–water partition coefficient (Wildman–Crippen LogP) is 3.09. The molecule has 9 heteroatoms. The zero-order valence-electron chi connectivity index (χ0n) is 18.3. The van der Waals surface area contributed by atoms with Crippen LogP contribution in [0.3, 0.4) is 0 Å². The maximum Gasteiger partial charge on any atom is 0.329 e. The van der Waals surface area contributed by atoms with E-state index in [1.807, 2.05) is 0 Å². The second kappa shape index (κ2) is 10.2. The molecular formula is C21H30N2O7. The number of amides is 1. The van der Waals surface area contributed by atoms with Gasteiger partial charge in [-0.25, -0.2) is 4.79 Å². The lowest BCUT2D eigenvalue weighted by atomic mass is 10.1. The molecule has 9 nitrogen and oxygen atoms in total. The lowest BCUT2D eigenvalue weighted by Crippen LogP contribution is -2.45. The van der Waals surface area contributed by atoms with Gasteiger partial charge in [-0.3, -0.25) is 19.7 Å². The van der Waals surface area contributed by atoms with Crippen LogP contribution in [0.1, 0.15) is 59.9 Å². The number of nitrogens with zero attached hydrogens (tertiary/aromatic N) is 1. The Kier molecular flexibility index (Phi) is 8.50. The minimum absolute atomic E-state index is 0.0236. The summed E-state index contributed by atoms with van der Waals surface area (Å²) in [5.41, 5.74) is -0.946. The van der Waals surface area contributed by atoms with Crippen molar-refractivity contribution in [3.63, 3.8) is 0 Å². The fourth-order valence-corrected chi connectivity index (χ4v) is 2.44. The van der Waals surface area contributed by atoms with Gasteiger partial charge >= 0.3 is 11.9 Å². The third kappa shape index (κ3) is 9.99. The highest BCUT2D eigenvalue weighted by Gasteiger charge is 2.28. The van der Waals surface area contributed by atoms with Gasteiger partial charge in [0.1, 0.15) is 17.2 Å². The summed E-state index contributed by atoms with van der Waals surface area (Å²) >= 11 is 0. The van der Waals surface area contributed by atoms with Crippen molar-refractivity contribution >= 4 is 23.5 Å². The van der Waals surface area contributed by atoms with Gasteiger partial charge in [-0.15, -0.1) is 0 Å². The first-order valence-corrected chi connectivity index (χ1v) is 9.64. The predicted molar refractivity (Wildman–Crippen MR) is 110 cm³/mol. The van der Waals surface area contributed by atoms with E-state index in [0.29, 0.717) is 5.56 Å². The Morgan fingerprint density at radius 2 is 1.53 bits per heavy atom.